The van der Waals surface area contributed by atoms with Gasteiger partial charge in [-0.15, -0.1) is 0 Å². The molecule has 0 aliphatic heterocycles. The predicted molar refractivity (Wildman–Crippen MR) is 58.3 cm³/mol. The highest BCUT2D eigenvalue weighted by Crippen LogP contribution is 2.19. The minimum Gasteiger partial charge on any atom is -0.391 e. The van der Waals surface area contributed by atoms with Gasteiger partial charge in [-0.05, 0) is 32.9 Å². The number of nitrogens with zero attached hydrogens (tertiary/aromatic N) is 2. The van der Waals surface area contributed by atoms with Crippen molar-refractivity contribution in [3.63, 3.8) is 0 Å². The SMILES string of the molecule is CC(O)C(C)(C)Nc1cccnc1C#N. The van der Waals surface area contributed by atoms with Gasteiger partial charge in [-0.25, -0.2) is 4.98 Å². The molecule has 0 spiro atoms. The number of nitriles is 1. The number of aromatic nitrogens is 1. The van der Waals surface area contributed by atoms with Crippen LogP contribution in [0.25, 0.3) is 0 Å². The lowest BCUT2D eigenvalue weighted by Gasteiger charge is -2.30. The Labute approximate surface area is 89.6 Å². The minimum atomic E-state index is -0.524. The van der Waals surface area contributed by atoms with Crippen molar-refractivity contribution < 1.29 is 5.11 Å². The molecule has 0 aliphatic carbocycles. The lowest BCUT2D eigenvalue weighted by Crippen LogP contribution is -2.42. The first-order valence-corrected chi connectivity index (χ1v) is 4.78. The molecule has 0 aliphatic rings. The zero-order valence-electron chi connectivity index (χ0n) is 9.15. The molecule has 0 fully saturated rings. The first-order valence-electron chi connectivity index (χ1n) is 4.78. The van der Waals surface area contributed by atoms with Crippen LogP contribution in [0.15, 0.2) is 18.3 Å². The Balaban J connectivity index is 2.95. The molecule has 0 bridgehead atoms. The Hall–Kier alpha value is -1.60. The Morgan fingerprint density at radius 2 is 2.27 bits per heavy atom. The molecule has 4 heteroatoms. The summed E-state index contributed by atoms with van der Waals surface area (Å²) in [5, 5.41) is 21.5. The summed E-state index contributed by atoms with van der Waals surface area (Å²) >= 11 is 0. The second kappa shape index (κ2) is 4.28. The van der Waals surface area contributed by atoms with Gasteiger partial charge in [-0.3, -0.25) is 0 Å². The van der Waals surface area contributed by atoms with Gasteiger partial charge < -0.3 is 10.4 Å². The average Bonchev–Trinajstić information content (AvgIpc) is 2.18. The van der Waals surface area contributed by atoms with E-state index in [1.165, 1.54) is 0 Å². The quantitative estimate of drug-likeness (QED) is 0.785. The molecule has 0 saturated heterocycles. The number of rotatable bonds is 3. The molecule has 1 heterocycles. The van der Waals surface area contributed by atoms with Crippen molar-refractivity contribution in [2.45, 2.75) is 32.4 Å². The number of pyridine rings is 1. The second-order valence-corrected chi connectivity index (χ2v) is 4.03. The van der Waals surface area contributed by atoms with Crippen molar-refractivity contribution in [1.82, 2.24) is 4.98 Å². The van der Waals surface area contributed by atoms with Crippen LogP contribution in [-0.4, -0.2) is 21.7 Å². The van der Waals surface area contributed by atoms with Crippen LogP contribution in [0.2, 0.25) is 0 Å². The van der Waals surface area contributed by atoms with E-state index >= 15 is 0 Å². The van der Waals surface area contributed by atoms with Crippen molar-refractivity contribution in [2.24, 2.45) is 0 Å². The summed E-state index contributed by atoms with van der Waals surface area (Å²) in [7, 11) is 0. The minimum absolute atomic E-state index is 0.339. The number of hydrogen-bond donors (Lipinski definition) is 2. The molecule has 1 rings (SSSR count). The number of anilines is 1. The van der Waals surface area contributed by atoms with E-state index < -0.39 is 11.6 Å². The standard InChI is InChI=1S/C11H15N3O/c1-8(15)11(2,3)14-9-5-4-6-13-10(9)7-12/h4-6,8,14-15H,1-3H3. The summed E-state index contributed by atoms with van der Waals surface area (Å²) in [5.41, 5.74) is 0.492. The van der Waals surface area contributed by atoms with Gasteiger partial charge in [0, 0.05) is 6.20 Å². The van der Waals surface area contributed by atoms with E-state index in [-0.39, 0.29) is 0 Å². The van der Waals surface area contributed by atoms with E-state index in [4.69, 9.17) is 5.26 Å². The molecule has 4 nitrogen and oxygen atoms in total. The highest BCUT2D eigenvalue weighted by molar-refractivity contribution is 5.54. The maximum absolute atomic E-state index is 9.54. The third kappa shape index (κ3) is 2.67. The topological polar surface area (TPSA) is 68.9 Å². The molecule has 15 heavy (non-hydrogen) atoms. The molecular weight excluding hydrogens is 190 g/mol. The maximum atomic E-state index is 9.54. The van der Waals surface area contributed by atoms with Crippen LogP contribution in [0.5, 0.6) is 0 Å². The van der Waals surface area contributed by atoms with Crippen LogP contribution in [0.3, 0.4) is 0 Å². The first kappa shape index (κ1) is 11.5. The average molecular weight is 205 g/mol. The highest BCUT2D eigenvalue weighted by Gasteiger charge is 2.24. The molecule has 2 N–H and O–H groups in total. The van der Waals surface area contributed by atoms with E-state index in [1.807, 2.05) is 19.9 Å². The third-order valence-electron chi connectivity index (χ3n) is 2.41. The van der Waals surface area contributed by atoms with Crippen molar-refractivity contribution >= 4 is 5.69 Å². The molecule has 0 amide bonds. The lowest BCUT2D eigenvalue weighted by atomic mass is 9.98. The molecule has 1 aromatic rings. The highest BCUT2D eigenvalue weighted by atomic mass is 16.3. The van der Waals surface area contributed by atoms with Crippen molar-refractivity contribution in [1.29, 1.82) is 5.26 Å². The normalized spacial score (nSPS) is 13.0. The summed E-state index contributed by atoms with van der Waals surface area (Å²) in [6.45, 7) is 5.44. The number of aliphatic hydroxyl groups is 1. The molecule has 1 unspecified atom stereocenters. The van der Waals surface area contributed by atoms with Crippen LogP contribution < -0.4 is 5.32 Å². The van der Waals surface area contributed by atoms with Gasteiger partial charge in [-0.1, -0.05) is 0 Å². The third-order valence-corrected chi connectivity index (χ3v) is 2.41. The molecule has 0 saturated carbocycles. The van der Waals surface area contributed by atoms with Crippen LogP contribution in [0.1, 0.15) is 26.5 Å². The number of hydrogen-bond acceptors (Lipinski definition) is 4. The Bertz CT molecular complexity index is 380. The van der Waals surface area contributed by atoms with Gasteiger partial charge in [0.15, 0.2) is 5.69 Å². The van der Waals surface area contributed by atoms with Crippen LogP contribution in [0.4, 0.5) is 5.69 Å². The fourth-order valence-corrected chi connectivity index (χ4v) is 1.05. The Kier molecular flexibility index (Phi) is 3.28. The summed E-state index contributed by atoms with van der Waals surface area (Å²) in [6.07, 6.45) is 1.04. The fraction of sp³-hybridized carbons (Fsp3) is 0.455. The van der Waals surface area contributed by atoms with Crippen LogP contribution in [0, 0.1) is 11.3 Å². The van der Waals surface area contributed by atoms with Crippen molar-refractivity contribution in [3.8, 4) is 6.07 Å². The van der Waals surface area contributed by atoms with Crippen LogP contribution in [-0.2, 0) is 0 Å². The lowest BCUT2D eigenvalue weighted by molar-refractivity contribution is 0.133. The van der Waals surface area contributed by atoms with Crippen molar-refractivity contribution in [3.05, 3.63) is 24.0 Å². The largest absolute Gasteiger partial charge is 0.391 e. The Morgan fingerprint density at radius 3 is 2.80 bits per heavy atom. The molecule has 1 aromatic heterocycles. The summed E-state index contributed by atoms with van der Waals surface area (Å²) in [5.74, 6) is 0. The van der Waals surface area contributed by atoms with Gasteiger partial charge in [0.1, 0.15) is 6.07 Å². The molecule has 0 radical (unpaired) electrons. The first-order chi connectivity index (χ1) is 6.97. The van der Waals surface area contributed by atoms with E-state index in [9.17, 15) is 5.11 Å². The predicted octanol–water partition coefficient (Wildman–Crippen LogP) is 1.52. The fourth-order valence-electron chi connectivity index (χ4n) is 1.05. The van der Waals surface area contributed by atoms with Crippen molar-refractivity contribution in [2.75, 3.05) is 5.32 Å². The zero-order valence-corrected chi connectivity index (χ0v) is 9.15. The van der Waals surface area contributed by atoms with E-state index in [1.54, 1.807) is 25.3 Å². The molecular formula is C11H15N3O. The van der Waals surface area contributed by atoms with E-state index in [2.05, 4.69) is 10.3 Å². The smallest absolute Gasteiger partial charge is 0.163 e. The van der Waals surface area contributed by atoms with E-state index in [0.29, 0.717) is 11.4 Å². The summed E-state index contributed by atoms with van der Waals surface area (Å²) < 4.78 is 0. The van der Waals surface area contributed by atoms with E-state index in [0.717, 1.165) is 0 Å². The summed E-state index contributed by atoms with van der Waals surface area (Å²) in [6, 6.07) is 5.53. The number of nitrogens with one attached hydrogen (secondary N) is 1. The van der Waals surface area contributed by atoms with Gasteiger partial charge in [0.2, 0.25) is 0 Å². The summed E-state index contributed by atoms with van der Waals surface area (Å²) in [4.78, 5) is 3.94. The van der Waals surface area contributed by atoms with Gasteiger partial charge in [0.05, 0.1) is 17.3 Å². The molecule has 1 atom stereocenters. The van der Waals surface area contributed by atoms with Gasteiger partial charge in [-0.2, -0.15) is 5.26 Å². The zero-order chi connectivity index (χ0) is 11.5. The maximum Gasteiger partial charge on any atom is 0.163 e. The number of aliphatic hydroxyl groups excluding tert-OH is 1. The van der Waals surface area contributed by atoms with Crippen LogP contribution >= 0.6 is 0 Å². The molecule has 0 aromatic carbocycles. The second-order valence-electron chi connectivity index (χ2n) is 4.03. The monoisotopic (exact) mass is 205 g/mol. The Morgan fingerprint density at radius 1 is 1.60 bits per heavy atom. The van der Waals surface area contributed by atoms with Gasteiger partial charge in [0.25, 0.3) is 0 Å². The molecule has 80 valence electrons. The van der Waals surface area contributed by atoms with Gasteiger partial charge >= 0.3 is 0 Å².